The van der Waals surface area contributed by atoms with Crippen LogP contribution in [0.3, 0.4) is 0 Å². The van der Waals surface area contributed by atoms with Gasteiger partial charge in [0.1, 0.15) is 11.3 Å². The molecule has 2 aromatic heterocycles. The molecular weight excluding hydrogens is 276 g/mol. The van der Waals surface area contributed by atoms with Crippen molar-refractivity contribution in [3.8, 4) is 0 Å². The molecule has 1 fully saturated rings. The van der Waals surface area contributed by atoms with Crippen molar-refractivity contribution in [2.45, 2.75) is 51.1 Å². The molecule has 2 heterocycles. The van der Waals surface area contributed by atoms with Crippen molar-refractivity contribution in [3.05, 3.63) is 11.5 Å². The van der Waals surface area contributed by atoms with E-state index in [1.165, 1.54) is 0 Å². The maximum Gasteiger partial charge on any atom is 0.158 e. The number of nitrogens with zero attached hydrogens (tertiary/aromatic N) is 4. The average molecular weight is 297 g/mol. The SMILES string of the molecule is CCOC1CC(n2c(CCl)nc3c(CC)nn(C)c32)C1. The highest BCUT2D eigenvalue weighted by atomic mass is 35.5. The minimum absolute atomic E-state index is 0.379. The molecule has 1 saturated carbocycles. The van der Waals surface area contributed by atoms with Gasteiger partial charge in [0.15, 0.2) is 5.65 Å². The molecule has 5 nitrogen and oxygen atoms in total. The van der Waals surface area contributed by atoms with Crippen LogP contribution in [0.15, 0.2) is 0 Å². The van der Waals surface area contributed by atoms with E-state index in [0.717, 1.165) is 48.6 Å². The van der Waals surface area contributed by atoms with Crippen LogP contribution in [0.4, 0.5) is 0 Å². The summed E-state index contributed by atoms with van der Waals surface area (Å²) in [6.45, 7) is 4.93. The van der Waals surface area contributed by atoms with Crippen LogP contribution in [0.2, 0.25) is 0 Å². The van der Waals surface area contributed by atoms with Crippen molar-refractivity contribution >= 4 is 22.8 Å². The lowest BCUT2D eigenvalue weighted by molar-refractivity contribution is -0.0194. The molecule has 0 N–H and O–H groups in total. The standard InChI is InChI=1S/C14H21ClN4O/c1-4-11-13-14(18(3)17-11)19(12(8-15)16-13)9-6-10(7-9)20-5-2/h9-10H,4-8H2,1-3H3. The van der Waals surface area contributed by atoms with Gasteiger partial charge in [-0.05, 0) is 26.2 Å². The van der Waals surface area contributed by atoms with Crippen LogP contribution in [0, 0.1) is 0 Å². The van der Waals surface area contributed by atoms with E-state index in [0.29, 0.717) is 18.0 Å². The second-order valence-corrected chi connectivity index (χ2v) is 5.60. The van der Waals surface area contributed by atoms with Crippen LogP contribution in [0.1, 0.15) is 44.2 Å². The van der Waals surface area contributed by atoms with Gasteiger partial charge in [0.25, 0.3) is 0 Å². The summed E-state index contributed by atoms with van der Waals surface area (Å²) in [7, 11) is 1.98. The molecule has 2 aromatic rings. The number of rotatable bonds is 5. The predicted octanol–water partition coefficient (Wildman–Crippen LogP) is 2.81. The first-order valence-corrected chi connectivity index (χ1v) is 7.83. The van der Waals surface area contributed by atoms with Crippen molar-refractivity contribution in [1.82, 2.24) is 19.3 Å². The van der Waals surface area contributed by atoms with Crippen LogP contribution >= 0.6 is 11.6 Å². The first-order valence-electron chi connectivity index (χ1n) is 7.29. The Morgan fingerprint density at radius 3 is 2.70 bits per heavy atom. The maximum absolute atomic E-state index is 6.09. The van der Waals surface area contributed by atoms with Crippen molar-refractivity contribution in [2.75, 3.05) is 6.61 Å². The molecule has 0 unspecified atom stereocenters. The Kier molecular flexibility index (Phi) is 3.73. The van der Waals surface area contributed by atoms with Gasteiger partial charge in [-0.2, -0.15) is 5.10 Å². The first-order chi connectivity index (χ1) is 9.69. The number of imidazole rings is 1. The number of aryl methyl sites for hydroxylation is 2. The zero-order valence-electron chi connectivity index (χ0n) is 12.3. The van der Waals surface area contributed by atoms with Crippen molar-refractivity contribution in [2.24, 2.45) is 7.05 Å². The molecule has 0 atom stereocenters. The number of halogens is 1. The molecule has 6 heteroatoms. The molecular formula is C14H21ClN4O. The van der Waals surface area contributed by atoms with Crippen LogP contribution in [0.5, 0.6) is 0 Å². The van der Waals surface area contributed by atoms with E-state index in [1.54, 1.807) is 0 Å². The largest absolute Gasteiger partial charge is 0.378 e. The smallest absolute Gasteiger partial charge is 0.158 e. The van der Waals surface area contributed by atoms with Gasteiger partial charge in [0, 0.05) is 19.7 Å². The van der Waals surface area contributed by atoms with E-state index in [2.05, 4.69) is 16.6 Å². The quantitative estimate of drug-likeness (QED) is 0.797. The lowest BCUT2D eigenvalue weighted by Gasteiger charge is -2.36. The minimum Gasteiger partial charge on any atom is -0.378 e. The minimum atomic E-state index is 0.379. The molecule has 110 valence electrons. The molecule has 0 radical (unpaired) electrons. The van der Waals surface area contributed by atoms with Gasteiger partial charge in [0.2, 0.25) is 0 Å². The third-order valence-electron chi connectivity index (χ3n) is 4.10. The fourth-order valence-corrected chi connectivity index (χ4v) is 3.27. The molecule has 0 saturated heterocycles. The topological polar surface area (TPSA) is 44.9 Å². The normalized spacial score (nSPS) is 22.4. The van der Waals surface area contributed by atoms with Gasteiger partial charge in [-0.25, -0.2) is 4.98 Å². The summed E-state index contributed by atoms with van der Waals surface area (Å²) >= 11 is 6.09. The van der Waals surface area contributed by atoms with Crippen LogP contribution < -0.4 is 0 Å². The van der Waals surface area contributed by atoms with Gasteiger partial charge >= 0.3 is 0 Å². The first kappa shape index (κ1) is 13.9. The summed E-state index contributed by atoms with van der Waals surface area (Å²) in [6.07, 6.45) is 3.35. The van der Waals surface area contributed by atoms with Crippen molar-refractivity contribution in [3.63, 3.8) is 0 Å². The van der Waals surface area contributed by atoms with E-state index in [4.69, 9.17) is 21.3 Å². The Hall–Kier alpha value is -1.07. The van der Waals surface area contributed by atoms with Gasteiger partial charge < -0.3 is 9.30 Å². The maximum atomic E-state index is 6.09. The van der Waals surface area contributed by atoms with Crippen molar-refractivity contribution < 1.29 is 4.74 Å². The highest BCUT2D eigenvalue weighted by Gasteiger charge is 2.34. The van der Waals surface area contributed by atoms with E-state index >= 15 is 0 Å². The number of alkyl halides is 1. The summed E-state index contributed by atoms with van der Waals surface area (Å²) in [5.74, 6) is 1.39. The number of aromatic nitrogens is 4. The number of ether oxygens (including phenoxy) is 1. The molecule has 0 spiro atoms. The molecule has 0 bridgehead atoms. The zero-order chi connectivity index (χ0) is 14.3. The molecule has 1 aliphatic rings. The van der Waals surface area contributed by atoms with E-state index in [1.807, 2.05) is 18.7 Å². The monoisotopic (exact) mass is 296 g/mol. The highest BCUT2D eigenvalue weighted by molar-refractivity contribution is 6.16. The third-order valence-corrected chi connectivity index (χ3v) is 4.34. The number of hydrogen-bond donors (Lipinski definition) is 0. The van der Waals surface area contributed by atoms with Gasteiger partial charge in [-0.15, -0.1) is 11.6 Å². The summed E-state index contributed by atoms with van der Waals surface area (Å²) in [6, 6.07) is 0.436. The Morgan fingerprint density at radius 1 is 1.35 bits per heavy atom. The van der Waals surface area contributed by atoms with E-state index in [-0.39, 0.29) is 0 Å². The lowest BCUT2D eigenvalue weighted by Crippen LogP contribution is -2.34. The van der Waals surface area contributed by atoms with Gasteiger partial charge in [-0.3, -0.25) is 4.68 Å². The summed E-state index contributed by atoms with van der Waals surface area (Å²) < 4.78 is 9.86. The molecule has 3 rings (SSSR count). The Bertz CT molecular complexity index is 612. The van der Waals surface area contributed by atoms with Gasteiger partial charge in [0.05, 0.1) is 17.7 Å². The van der Waals surface area contributed by atoms with Crippen LogP contribution in [-0.4, -0.2) is 32.0 Å². The Balaban J connectivity index is 1.99. The van der Waals surface area contributed by atoms with Crippen molar-refractivity contribution in [1.29, 1.82) is 0 Å². The van der Waals surface area contributed by atoms with Crippen LogP contribution in [-0.2, 0) is 24.1 Å². The van der Waals surface area contributed by atoms with E-state index < -0.39 is 0 Å². The summed E-state index contributed by atoms with van der Waals surface area (Å²) in [5.41, 5.74) is 3.15. The molecule has 0 aliphatic heterocycles. The number of hydrogen-bond acceptors (Lipinski definition) is 3. The molecule has 1 aliphatic carbocycles. The zero-order valence-corrected chi connectivity index (χ0v) is 13.0. The third kappa shape index (κ3) is 2.04. The Labute approximate surface area is 123 Å². The molecule has 20 heavy (non-hydrogen) atoms. The second kappa shape index (κ2) is 5.37. The predicted molar refractivity (Wildman–Crippen MR) is 79.1 cm³/mol. The summed E-state index contributed by atoms with van der Waals surface area (Å²) in [4.78, 5) is 4.70. The highest BCUT2D eigenvalue weighted by Crippen LogP contribution is 2.38. The lowest BCUT2D eigenvalue weighted by atomic mass is 9.89. The summed E-state index contributed by atoms with van der Waals surface area (Å²) in [5, 5.41) is 4.56. The molecule has 0 aromatic carbocycles. The molecule has 0 amide bonds. The second-order valence-electron chi connectivity index (χ2n) is 5.33. The Morgan fingerprint density at radius 2 is 2.10 bits per heavy atom. The fraction of sp³-hybridized carbons (Fsp3) is 0.714. The average Bonchev–Trinajstić information content (AvgIpc) is 2.91. The fourth-order valence-electron chi connectivity index (χ4n) is 3.08. The van der Waals surface area contributed by atoms with Crippen LogP contribution in [0.25, 0.3) is 11.2 Å². The van der Waals surface area contributed by atoms with E-state index in [9.17, 15) is 0 Å². The number of fused-ring (bicyclic) bond motifs is 1. The van der Waals surface area contributed by atoms with Gasteiger partial charge in [-0.1, -0.05) is 6.92 Å².